The summed E-state index contributed by atoms with van der Waals surface area (Å²) in [5.41, 5.74) is 4.12. The molecule has 3 fully saturated rings. The Morgan fingerprint density at radius 3 is 2.70 bits per heavy atom. The fourth-order valence-electron chi connectivity index (χ4n) is 4.58. The van der Waals surface area contributed by atoms with E-state index in [2.05, 4.69) is 66.9 Å². The monoisotopic (exact) mass is 371 g/mol. The van der Waals surface area contributed by atoms with Crippen molar-refractivity contribution < 1.29 is 4.74 Å². The van der Waals surface area contributed by atoms with E-state index in [-0.39, 0.29) is 0 Å². The molecule has 2 bridgehead atoms. The van der Waals surface area contributed by atoms with Crippen molar-refractivity contribution in [3.63, 3.8) is 0 Å². The van der Waals surface area contributed by atoms with E-state index in [1.165, 1.54) is 49.2 Å². The molecule has 0 amide bonds. The highest BCUT2D eigenvalue weighted by atomic mass is 16.5. The summed E-state index contributed by atoms with van der Waals surface area (Å²) in [6.07, 6.45) is 5.13. The number of allylic oxidation sites excluding steroid dienone is 1. The molecule has 4 nitrogen and oxygen atoms in total. The lowest BCUT2D eigenvalue weighted by Crippen LogP contribution is -2.43. The van der Waals surface area contributed by atoms with Crippen molar-refractivity contribution in [1.29, 1.82) is 0 Å². The van der Waals surface area contributed by atoms with Gasteiger partial charge in [-0.25, -0.2) is 0 Å². The van der Waals surface area contributed by atoms with Crippen LogP contribution in [0.1, 0.15) is 37.8 Å². The van der Waals surface area contributed by atoms with Crippen LogP contribution in [0.2, 0.25) is 0 Å². The summed E-state index contributed by atoms with van der Waals surface area (Å²) >= 11 is 0. The second kappa shape index (κ2) is 9.22. The van der Waals surface area contributed by atoms with Gasteiger partial charge in [-0.3, -0.25) is 9.80 Å². The lowest BCUT2D eigenvalue weighted by Gasteiger charge is -2.35. The van der Waals surface area contributed by atoms with Gasteiger partial charge in [0, 0.05) is 50.9 Å². The Bertz CT molecular complexity index is 651. The molecule has 4 rings (SSSR count). The molecule has 0 unspecified atom stereocenters. The summed E-state index contributed by atoms with van der Waals surface area (Å²) in [6, 6.07) is 7.43. The summed E-state index contributed by atoms with van der Waals surface area (Å²) in [4.78, 5) is 7.60. The number of hydrogen-bond acceptors (Lipinski definition) is 4. The van der Waals surface area contributed by atoms with E-state index < -0.39 is 0 Å². The fraction of sp³-hybridized carbons (Fsp3) is 0.652. The number of rotatable bonds is 7. The highest BCUT2D eigenvalue weighted by Crippen LogP contribution is 2.29. The second-order valence-electron chi connectivity index (χ2n) is 8.91. The Morgan fingerprint density at radius 2 is 2.00 bits per heavy atom. The molecule has 3 aliphatic heterocycles. The number of hydrogen-bond donors (Lipinski definition) is 0. The summed E-state index contributed by atoms with van der Waals surface area (Å²) in [7, 11) is 5.99. The van der Waals surface area contributed by atoms with Crippen LogP contribution in [0.5, 0.6) is 5.75 Å². The Balaban J connectivity index is 1.68. The maximum atomic E-state index is 5.56. The zero-order valence-corrected chi connectivity index (χ0v) is 17.9. The molecule has 3 heterocycles. The normalized spacial score (nSPS) is 23.5. The molecule has 0 saturated carbocycles. The van der Waals surface area contributed by atoms with Crippen molar-refractivity contribution in [1.82, 2.24) is 14.7 Å². The van der Waals surface area contributed by atoms with Gasteiger partial charge < -0.3 is 9.64 Å². The van der Waals surface area contributed by atoms with Gasteiger partial charge in [-0.2, -0.15) is 0 Å². The number of fused-ring (bicyclic) bond motifs is 4. The van der Waals surface area contributed by atoms with Crippen molar-refractivity contribution >= 4 is 0 Å². The molecule has 0 spiro atoms. The van der Waals surface area contributed by atoms with Crippen molar-refractivity contribution in [3.05, 3.63) is 41.0 Å². The van der Waals surface area contributed by atoms with Gasteiger partial charge in [-0.1, -0.05) is 17.7 Å². The maximum Gasteiger partial charge on any atom is 0.123 e. The third-order valence-electron chi connectivity index (χ3n) is 5.87. The smallest absolute Gasteiger partial charge is 0.123 e. The molecular formula is C23H37N3O. The molecule has 0 radical (unpaired) electrons. The van der Waals surface area contributed by atoms with Gasteiger partial charge in [-0.15, -0.1) is 0 Å². The fourth-order valence-corrected chi connectivity index (χ4v) is 4.58. The highest BCUT2D eigenvalue weighted by Gasteiger charge is 2.34. The molecule has 1 aromatic carbocycles. The largest absolute Gasteiger partial charge is 0.496 e. The van der Waals surface area contributed by atoms with E-state index in [4.69, 9.17) is 4.74 Å². The predicted molar refractivity (Wildman–Crippen MR) is 113 cm³/mol. The van der Waals surface area contributed by atoms with Crippen molar-refractivity contribution in [2.24, 2.45) is 5.92 Å². The SMILES string of the molecule is COc1ccc(CN2C[C@@H]3CC[C@H](C2)N(CC=C(C)C)C3)cc1CN(C)C. The lowest BCUT2D eigenvalue weighted by molar-refractivity contribution is 0.146. The first-order valence-electron chi connectivity index (χ1n) is 10.3. The molecule has 0 N–H and O–H groups in total. The third-order valence-corrected chi connectivity index (χ3v) is 5.87. The van der Waals surface area contributed by atoms with Gasteiger partial charge in [0.05, 0.1) is 7.11 Å². The van der Waals surface area contributed by atoms with Crippen molar-refractivity contribution in [3.8, 4) is 5.75 Å². The van der Waals surface area contributed by atoms with Crippen LogP contribution in [0.3, 0.4) is 0 Å². The topological polar surface area (TPSA) is 19.0 Å². The molecule has 3 saturated heterocycles. The van der Waals surface area contributed by atoms with Crippen LogP contribution < -0.4 is 4.74 Å². The van der Waals surface area contributed by atoms with Crippen LogP contribution in [0.4, 0.5) is 0 Å². The van der Waals surface area contributed by atoms with Gasteiger partial charge in [0.2, 0.25) is 0 Å². The van der Waals surface area contributed by atoms with Crippen LogP contribution in [0, 0.1) is 5.92 Å². The highest BCUT2D eigenvalue weighted by molar-refractivity contribution is 5.37. The molecule has 0 aliphatic carbocycles. The molecule has 0 aromatic heterocycles. The van der Waals surface area contributed by atoms with Crippen LogP contribution in [0.25, 0.3) is 0 Å². The third kappa shape index (κ3) is 5.56. The minimum Gasteiger partial charge on any atom is -0.496 e. The van der Waals surface area contributed by atoms with E-state index >= 15 is 0 Å². The maximum absolute atomic E-state index is 5.56. The molecular weight excluding hydrogens is 334 g/mol. The Hall–Kier alpha value is -1.36. The van der Waals surface area contributed by atoms with Crippen LogP contribution in [-0.2, 0) is 13.1 Å². The lowest BCUT2D eigenvalue weighted by atomic mass is 9.95. The van der Waals surface area contributed by atoms with E-state index in [0.29, 0.717) is 6.04 Å². The quantitative estimate of drug-likeness (QED) is 0.682. The summed E-state index contributed by atoms with van der Waals surface area (Å²) in [6.45, 7) is 11.2. The molecule has 1 aromatic rings. The molecule has 3 aliphatic rings. The number of methoxy groups -OCH3 is 1. The Labute approximate surface area is 165 Å². The van der Waals surface area contributed by atoms with Gasteiger partial charge in [0.25, 0.3) is 0 Å². The number of nitrogens with zero attached hydrogens (tertiary/aromatic N) is 3. The van der Waals surface area contributed by atoms with Gasteiger partial charge in [-0.05, 0) is 64.4 Å². The van der Waals surface area contributed by atoms with Crippen LogP contribution >= 0.6 is 0 Å². The van der Waals surface area contributed by atoms with E-state index in [1.54, 1.807) is 7.11 Å². The van der Waals surface area contributed by atoms with Gasteiger partial charge in [0.15, 0.2) is 0 Å². The van der Waals surface area contributed by atoms with Crippen molar-refractivity contribution in [2.45, 2.75) is 45.8 Å². The summed E-state index contributed by atoms with van der Waals surface area (Å²) in [5.74, 6) is 1.81. The van der Waals surface area contributed by atoms with Crippen LogP contribution in [-0.4, -0.2) is 68.1 Å². The van der Waals surface area contributed by atoms with Gasteiger partial charge in [0.1, 0.15) is 5.75 Å². The van der Waals surface area contributed by atoms with E-state index in [9.17, 15) is 0 Å². The number of piperidine rings is 1. The first-order chi connectivity index (χ1) is 12.9. The minimum atomic E-state index is 0.707. The standard InChI is InChI=1S/C23H37N3O/c1-18(2)10-11-26-15-20-6-8-22(26)17-25(14-20)13-19-7-9-23(27-5)21(12-19)16-24(3)4/h7,9-10,12,20,22H,6,8,11,13-17H2,1-5H3/t20-,22+/m0/s1. The summed E-state index contributed by atoms with van der Waals surface area (Å²) < 4.78 is 5.56. The average molecular weight is 372 g/mol. The van der Waals surface area contributed by atoms with E-state index in [1.807, 2.05) is 0 Å². The average Bonchev–Trinajstić information content (AvgIpc) is 2.90. The zero-order chi connectivity index (χ0) is 19.4. The molecule has 4 heteroatoms. The first kappa shape index (κ1) is 20.4. The molecule has 150 valence electrons. The minimum absolute atomic E-state index is 0.707. The first-order valence-corrected chi connectivity index (χ1v) is 10.3. The summed E-state index contributed by atoms with van der Waals surface area (Å²) in [5, 5.41) is 0. The van der Waals surface area contributed by atoms with Crippen molar-refractivity contribution in [2.75, 3.05) is 47.4 Å². The second-order valence-corrected chi connectivity index (χ2v) is 8.91. The molecule has 27 heavy (non-hydrogen) atoms. The number of benzene rings is 1. The van der Waals surface area contributed by atoms with E-state index in [0.717, 1.165) is 31.3 Å². The Morgan fingerprint density at radius 1 is 1.19 bits per heavy atom. The predicted octanol–water partition coefficient (Wildman–Crippen LogP) is 3.62. The van der Waals surface area contributed by atoms with Crippen LogP contribution in [0.15, 0.2) is 29.8 Å². The van der Waals surface area contributed by atoms with Gasteiger partial charge >= 0.3 is 0 Å². The zero-order valence-electron chi connectivity index (χ0n) is 17.9. The molecule has 2 atom stereocenters. The number of ether oxygens (including phenoxy) is 1. The Kier molecular flexibility index (Phi) is 6.96.